The largest absolute Gasteiger partial charge is 0.484 e. The molecule has 0 radical (unpaired) electrons. The molecule has 6 nitrogen and oxygen atoms in total. The quantitative estimate of drug-likeness (QED) is 0.327. The van der Waals surface area contributed by atoms with Crippen molar-refractivity contribution in [2.45, 2.75) is 18.3 Å². The average Bonchev–Trinajstić information content (AvgIpc) is 3.11. The van der Waals surface area contributed by atoms with E-state index in [1.807, 2.05) is 0 Å². The van der Waals surface area contributed by atoms with Gasteiger partial charge in [-0.3, -0.25) is 9.36 Å². The third kappa shape index (κ3) is 6.19. The molecule has 0 atom stereocenters. The first-order valence-electron chi connectivity index (χ1n) is 8.86. The number of halogens is 4. The lowest BCUT2D eigenvalue weighted by atomic mass is 10.3. The van der Waals surface area contributed by atoms with Crippen LogP contribution in [0.1, 0.15) is 5.82 Å². The SMILES string of the molecule is C=CCn1c(COc2cc(Cl)ccc2Cl)nnc1SCC(=O)Nc1ccc(F)cc1F. The van der Waals surface area contributed by atoms with E-state index in [4.69, 9.17) is 27.9 Å². The number of rotatable bonds is 9. The van der Waals surface area contributed by atoms with Crippen molar-refractivity contribution in [1.29, 1.82) is 0 Å². The Morgan fingerprint density at radius 1 is 1.23 bits per heavy atom. The minimum absolute atomic E-state index is 0.0624. The zero-order valence-electron chi connectivity index (χ0n) is 15.9. The van der Waals surface area contributed by atoms with Gasteiger partial charge in [0.15, 0.2) is 11.0 Å². The predicted molar refractivity (Wildman–Crippen MR) is 117 cm³/mol. The van der Waals surface area contributed by atoms with Gasteiger partial charge in [0.2, 0.25) is 5.91 Å². The number of carbonyl (C=O) groups excluding carboxylic acids is 1. The Kier molecular flexibility index (Phi) is 7.89. The summed E-state index contributed by atoms with van der Waals surface area (Å²) in [5.74, 6) is -1.23. The molecule has 0 saturated heterocycles. The molecular formula is C20H16Cl2F2N4O2S. The van der Waals surface area contributed by atoms with Gasteiger partial charge in [0.25, 0.3) is 0 Å². The smallest absolute Gasteiger partial charge is 0.234 e. The van der Waals surface area contributed by atoms with E-state index in [0.29, 0.717) is 39.4 Å². The predicted octanol–water partition coefficient (Wildman–Crippen LogP) is 5.36. The summed E-state index contributed by atoms with van der Waals surface area (Å²) in [6.45, 7) is 4.16. The van der Waals surface area contributed by atoms with Crippen LogP contribution in [0.3, 0.4) is 0 Å². The van der Waals surface area contributed by atoms with Crippen LogP contribution < -0.4 is 10.1 Å². The van der Waals surface area contributed by atoms with Crippen molar-refractivity contribution < 1.29 is 18.3 Å². The van der Waals surface area contributed by atoms with Gasteiger partial charge in [0, 0.05) is 23.7 Å². The fraction of sp³-hybridized carbons (Fsp3) is 0.150. The van der Waals surface area contributed by atoms with Crippen molar-refractivity contribution in [2.75, 3.05) is 11.1 Å². The Hall–Kier alpha value is -2.62. The minimum atomic E-state index is -0.854. The summed E-state index contributed by atoms with van der Waals surface area (Å²) >= 11 is 13.2. The highest BCUT2D eigenvalue weighted by atomic mass is 35.5. The van der Waals surface area contributed by atoms with Crippen LogP contribution in [0.5, 0.6) is 5.75 Å². The Morgan fingerprint density at radius 2 is 2.03 bits per heavy atom. The van der Waals surface area contributed by atoms with Crippen molar-refractivity contribution in [2.24, 2.45) is 0 Å². The van der Waals surface area contributed by atoms with Gasteiger partial charge in [0.05, 0.1) is 16.5 Å². The highest BCUT2D eigenvalue weighted by molar-refractivity contribution is 7.99. The normalized spacial score (nSPS) is 10.7. The number of amides is 1. The van der Waals surface area contributed by atoms with Crippen LogP contribution in [0.4, 0.5) is 14.5 Å². The van der Waals surface area contributed by atoms with Crippen LogP contribution in [0.25, 0.3) is 0 Å². The summed E-state index contributed by atoms with van der Waals surface area (Å²) in [6.07, 6.45) is 1.65. The first-order chi connectivity index (χ1) is 14.9. The van der Waals surface area contributed by atoms with E-state index < -0.39 is 17.5 Å². The van der Waals surface area contributed by atoms with E-state index >= 15 is 0 Å². The van der Waals surface area contributed by atoms with E-state index in [-0.39, 0.29) is 18.0 Å². The molecule has 1 aromatic heterocycles. The molecule has 0 fully saturated rings. The van der Waals surface area contributed by atoms with Gasteiger partial charge in [-0.2, -0.15) is 0 Å². The maximum absolute atomic E-state index is 13.7. The first kappa shape index (κ1) is 23.1. The number of nitrogens with zero attached hydrogens (tertiary/aromatic N) is 3. The standard InChI is InChI=1S/C20H16Cl2F2N4O2S/c1-2-7-28-18(10-30-17-8-12(21)3-5-14(17)22)26-27-20(28)31-11-19(29)25-16-6-4-13(23)9-15(16)24/h2-6,8-9H,1,7,10-11H2,(H,25,29). The van der Waals surface area contributed by atoms with Crippen molar-refractivity contribution in [3.8, 4) is 5.75 Å². The van der Waals surface area contributed by atoms with Gasteiger partial charge >= 0.3 is 0 Å². The second-order valence-electron chi connectivity index (χ2n) is 6.12. The molecule has 0 spiro atoms. The second-order valence-corrected chi connectivity index (χ2v) is 7.91. The van der Waals surface area contributed by atoms with Crippen molar-refractivity contribution in [3.05, 3.63) is 76.6 Å². The zero-order chi connectivity index (χ0) is 22.4. The highest BCUT2D eigenvalue weighted by Crippen LogP contribution is 2.28. The Balaban J connectivity index is 1.64. The molecule has 0 saturated carbocycles. The molecule has 3 aromatic rings. The molecule has 11 heteroatoms. The van der Waals surface area contributed by atoms with Crippen LogP contribution in [-0.2, 0) is 17.9 Å². The number of hydrogen-bond acceptors (Lipinski definition) is 5. The summed E-state index contributed by atoms with van der Waals surface area (Å²) in [6, 6.07) is 7.77. The second kappa shape index (κ2) is 10.6. The van der Waals surface area contributed by atoms with Gasteiger partial charge in [-0.15, -0.1) is 16.8 Å². The van der Waals surface area contributed by atoms with Crippen LogP contribution in [0.15, 0.2) is 54.2 Å². The number of ether oxygens (including phenoxy) is 1. The molecule has 0 bridgehead atoms. The molecule has 1 N–H and O–H groups in total. The Labute approximate surface area is 191 Å². The van der Waals surface area contributed by atoms with E-state index in [1.165, 1.54) is 0 Å². The minimum Gasteiger partial charge on any atom is -0.484 e. The van der Waals surface area contributed by atoms with E-state index in [1.54, 1.807) is 28.8 Å². The van der Waals surface area contributed by atoms with E-state index in [9.17, 15) is 13.6 Å². The van der Waals surface area contributed by atoms with E-state index in [0.717, 1.165) is 23.9 Å². The molecule has 162 valence electrons. The summed E-state index contributed by atoms with van der Waals surface area (Å²) in [5, 5.41) is 11.9. The monoisotopic (exact) mass is 484 g/mol. The number of carbonyl (C=O) groups is 1. The number of thioether (sulfide) groups is 1. The fourth-order valence-corrected chi connectivity index (χ4v) is 3.58. The van der Waals surface area contributed by atoms with E-state index in [2.05, 4.69) is 22.1 Å². The van der Waals surface area contributed by atoms with Crippen LogP contribution in [0, 0.1) is 11.6 Å². The number of nitrogens with one attached hydrogen (secondary N) is 1. The summed E-state index contributed by atoms with van der Waals surface area (Å²) < 4.78 is 34.1. The van der Waals surface area contributed by atoms with Gasteiger partial charge in [-0.1, -0.05) is 41.0 Å². The topological polar surface area (TPSA) is 69.0 Å². The Morgan fingerprint density at radius 3 is 2.77 bits per heavy atom. The number of benzene rings is 2. The Bertz CT molecular complexity index is 1110. The maximum Gasteiger partial charge on any atom is 0.234 e. The molecule has 1 amide bonds. The lowest BCUT2D eigenvalue weighted by Gasteiger charge is -2.10. The number of anilines is 1. The molecule has 2 aromatic carbocycles. The lowest BCUT2D eigenvalue weighted by Crippen LogP contribution is -2.16. The van der Waals surface area contributed by atoms with Gasteiger partial charge in [-0.05, 0) is 24.3 Å². The lowest BCUT2D eigenvalue weighted by molar-refractivity contribution is -0.113. The van der Waals surface area contributed by atoms with Gasteiger partial charge in [-0.25, -0.2) is 8.78 Å². The molecule has 0 aliphatic rings. The number of allylic oxidation sites excluding steroid dienone is 1. The van der Waals surface area contributed by atoms with Crippen LogP contribution in [0.2, 0.25) is 10.0 Å². The van der Waals surface area contributed by atoms with Crippen molar-refractivity contribution >= 4 is 46.6 Å². The maximum atomic E-state index is 13.7. The molecule has 31 heavy (non-hydrogen) atoms. The highest BCUT2D eigenvalue weighted by Gasteiger charge is 2.16. The molecular weight excluding hydrogens is 469 g/mol. The summed E-state index contributed by atoms with van der Waals surface area (Å²) in [5.41, 5.74) is -0.105. The number of aromatic nitrogens is 3. The van der Waals surface area contributed by atoms with Crippen LogP contribution >= 0.6 is 35.0 Å². The molecule has 0 aliphatic carbocycles. The van der Waals surface area contributed by atoms with Gasteiger partial charge in [0.1, 0.15) is 24.0 Å². The van der Waals surface area contributed by atoms with Crippen LogP contribution in [-0.4, -0.2) is 26.4 Å². The molecule has 0 aliphatic heterocycles. The van der Waals surface area contributed by atoms with Crippen molar-refractivity contribution in [1.82, 2.24) is 14.8 Å². The van der Waals surface area contributed by atoms with Gasteiger partial charge < -0.3 is 10.1 Å². The first-order valence-corrected chi connectivity index (χ1v) is 10.6. The molecule has 0 unspecified atom stereocenters. The third-order valence-corrected chi connectivity index (χ3v) is 5.41. The summed E-state index contributed by atoms with van der Waals surface area (Å²) in [4.78, 5) is 12.2. The fourth-order valence-electron chi connectivity index (χ4n) is 2.48. The van der Waals surface area contributed by atoms with Crippen molar-refractivity contribution in [3.63, 3.8) is 0 Å². The molecule has 1 heterocycles. The third-order valence-electron chi connectivity index (χ3n) is 3.89. The number of hydrogen-bond donors (Lipinski definition) is 1. The molecule has 3 rings (SSSR count). The summed E-state index contributed by atoms with van der Waals surface area (Å²) in [7, 11) is 0. The average molecular weight is 485 g/mol. The zero-order valence-corrected chi connectivity index (χ0v) is 18.3.